The van der Waals surface area contributed by atoms with Crippen molar-refractivity contribution in [1.82, 2.24) is 0 Å². The normalized spacial score (nSPS) is 4.29. The van der Waals surface area contributed by atoms with Crippen LogP contribution in [-0.4, -0.2) is 11.6 Å². The molecule has 0 atom stereocenters. The van der Waals surface area contributed by atoms with Gasteiger partial charge in [0.15, 0.2) is 0 Å². The van der Waals surface area contributed by atoms with Crippen molar-refractivity contribution in [2.24, 2.45) is 0 Å². The fourth-order valence-electron chi connectivity index (χ4n) is 0. The summed E-state index contributed by atoms with van der Waals surface area (Å²) in [4.78, 5) is 8.24. The van der Waals surface area contributed by atoms with Crippen LogP contribution >= 0.6 is 0 Å². The van der Waals surface area contributed by atoms with Gasteiger partial charge in [-0.3, -0.25) is 0 Å². The molecule has 0 aromatic rings. The van der Waals surface area contributed by atoms with Crippen LogP contribution in [0.25, 0.3) is 0 Å². The van der Waals surface area contributed by atoms with Crippen LogP contribution < -0.4 is 0 Å². The van der Waals surface area contributed by atoms with Gasteiger partial charge < -0.3 is 16.8 Å². The summed E-state index contributed by atoms with van der Waals surface area (Å²) in [6, 6.07) is 0. The predicted molar refractivity (Wildman–Crippen MR) is 24.0 cm³/mol. The molecule has 0 fully saturated rings. The van der Waals surface area contributed by atoms with Gasteiger partial charge >= 0.3 is 0 Å². The molecule has 0 saturated heterocycles. The summed E-state index contributed by atoms with van der Waals surface area (Å²) < 4.78 is 0. The van der Waals surface area contributed by atoms with Gasteiger partial charge in [0.1, 0.15) is 0 Å². The molecule has 0 aliphatic carbocycles. The minimum atomic E-state index is 0. The monoisotopic (exact) mass is 177 g/mol. The zero-order chi connectivity index (χ0) is 5.41. The van der Waals surface area contributed by atoms with E-state index >= 15 is 0 Å². The summed E-state index contributed by atoms with van der Waals surface area (Å²) in [6.07, 6.45) is 1.00. The minimum Gasteiger partial charge on any atom is -0.665 e. The topological polar surface area (TPSA) is 37.3 Å². The number of hydrogen-bond donors (Lipinski definition) is 1. The second kappa shape index (κ2) is 30.8. The van der Waals surface area contributed by atoms with E-state index < -0.39 is 0 Å². The Kier molecular flexibility index (Phi) is 68.9. The van der Waals surface area contributed by atoms with Crippen molar-refractivity contribution < 1.29 is 42.6 Å². The van der Waals surface area contributed by atoms with E-state index in [1.165, 1.54) is 0 Å². The Labute approximate surface area is 69.2 Å². The molecule has 7 heavy (non-hydrogen) atoms. The maximum Gasteiger partial charge on any atom is 0 e. The first-order chi connectivity index (χ1) is 2.83. The van der Waals surface area contributed by atoms with Gasteiger partial charge in [-0.15, -0.1) is 0 Å². The van der Waals surface area contributed by atoms with Crippen molar-refractivity contribution in [3.8, 4) is 0 Å². The molecule has 0 aliphatic heterocycles. The Morgan fingerprint density at radius 1 is 1.86 bits per heavy atom. The van der Waals surface area contributed by atoms with Gasteiger partial charge in [-0.2, -0.15) is 6.42 Å². The summed E-state index contributed by atoms with van der Waals surface area (Å²) in [7, 11) is 0. The van der Waals surface area contributed by atoms with Crippen molar-refractivity contribution >= 4 is 6.47 Å². The molecule has 41 valence electrons. The van der Waals surface area contributed by atoms with Crippen LogP contribution in [-0.2, 0) is 37.5 Å². The van der Waals surface area contributed by atoms with Crippen LogP contribution in [0.3, 0.4) is 0 Å². The maximum absolute atomic E-state index is 8.24. The van der Waals surface area contributed by atoms with Gasteiger partial charge in [-0.1, -0.05) is 13.4 Å². The standard InChI is InChI=1S/C3H7.CHO2.Y/c1-3-2;2-1-3;/h1,3H2,2H3;(H,2,3);/q2*-1;. The van der Waals surface area contributed by atoms with E-state index in [4.69, 9.17) is 9.90 Å². The van der Waals surface area contributed by atoms with Crippen LogP contribution in [0.2, 0.25) is 0 Å². The molecule has 0 heterocycles. The van der Waals surface area contributed by atoms with Crippen LogP contribution in [0.5, 0.6) is 0 Å². The molecular formula is C4H8O2Y-2. The Hall–Kier alpha value is 0.574. The van der Waals surface area contributed by atoms with E-state index in [0.717, 1.165) is 6.42 Å². The third-order valence-electron chi connectivity index (χ3n) is 0. The largest absolute Gasteiger partial charge is 0.665 e. The van der Waals surface area contributed by atoms with Gasteiger partial charge in [0.2, 0.25) is 0 Å². The van der Waals surface area contributed by atoms with Crippen LogP contribution in [0.15, 0.2) is 0 Å². The Morgan fingerprint density at radius 3 is 1.86 bits per heavy atom. The van der Waals surface area contributed by atoms with E-state index in [1.807, 2.05) is 6.92 Å². The molecule has 1 N–H and O–H groups in total. The first kappa shape index (κ1) is 15.6. The van der Waals surface area contributed by atoms with E-state index in [1.54, 1.807) is 0 Å². The molecule has 0 aliphatic rings. The van der Waals surface area contributed by atoms with Crippen molar-refractivity contribution in [3.63, 3.8) is 0 Å². The third kappa shape index (κ3) is 418. The smallest absolute Gasteiger partial charge is 0 e. The van der Waals surface area contributed by atoms with Crippen LogP contribution in [0, 0.1) is 6.92 Å². The molecule has 1 radical (unpaired) electrons. The molecule has 2 nitrogen and oxygen atoms in total. The van der Waals surface area contributed by atoms with E-state index in [-0.39, 0.29) is 32.7 Å². The first-order valence-electron chi connectivity index (χ1n) is 1.63. The SMILES string of the molecule is O=[C-]O.[CH2-]CC.[Y]. The van der Waals surface area contributed by atoms with Crippen LogP contribution in [0.1, 0.15) is 13.3 Å². The molecule has 0 saturated carbocycles. The number of rotatable bonds is 0. The van der Waals surface area contributed by atoms with E-state index in [2.05, 4.69) is 6.92 Å². The molecule has 0 rings (SSSR count). The fraction of sp³-hybridized carbons (Fsp3) is 0.500. The molecule has 0 amide bonds. The zero-order valence-corrected chi connectivity index (χ0v) is 7.19. The molecule has 0 unspecified atom stereocenters. The molecule has 0 spiro atoms. The molecule has 0 bridgehead atoms. The fourth-order valence-corrected chi connectivity index (χ4v) is 0. The minimum absolute atomic E-state index is 0. The molecular weight excluding hydrogens is 169 g/mol. The zero-order valence-electron chi connectivity index (χ0n) is 4.35. The molecule has 0 aromatic carbocycles. The Balaban J connectivity index is -0.0000000400. The summed E-state index contributed by atoms with van der Waals surface area (Å²) in [6.45, 7) is 6.00. The maximum atomic E-state index is 8.24. The van der Waals surface area contributed by atoms with Crippen LogP contribution in [0.4, 0.5) is 0 Å². The van der Waals surface area contributed by atoms with Crippen molar-refractivity contribution in [2.75, 3.05) is 0 Å². The average Bonchev–Trinajstić information content (AvgIpc) is 1.39. The summed E-state index contributed by atoms with van der Waals surface area (Å²) in [5.41, 5.74) is 0. The van der Waals surface area contributed by atoms with Gasteiger partial charge in [-0.05, 0) is 0 Å². The first-order valence-corrected chi connectivity index (χ1v) is 1.63. The Morgan fingerprint density at radius 2 is 1.86 bits per heavy atom. The summed E-state index contributed by atoms with van der Waals surface area (Å²) >= 11 is 0. The van der Waals surface area contributed by atoms with Gasteiger partial charge in [0.25, 0.3) is 0 Å². The van der Waals surface area contributed by atoms with Gasteiger partial charge in [0.05, 0.1) is 0 Å². The predicted octanol–water partition coefficient (Wildman–Crippen LogP) is 0.840. The average molecular weight is 177 g/mol. The van der Waals surface area contributed by atoms with Crippen molar-refractivity contribution in [2.45, 2.75) is 13.3 Å². The molecule has 0 aromatic heterocycles. The van der Waals surface area contributed by atoms with Gasteiger partial charge in [-0.25, -0.2) is 0 Å². The number of aliphatic hydroxyl groups excluding tert-OH is 1. The summed E-state index contributed by atoms with van der Waals surface area (Å²) in [5, 5.41) is 6.76. The Bertz CT molecular complexity index is 23.7. The quantitative estimate of drug-likeness (QED) is 0.556. The molecule has 3 heteroatoms. The second-order valence-electron chi connectivity index (χ2n) is 0.591. The van der Waals surface area contributed by atoms with E-state index in [0.29, 0.717) is 6.47 Å². The second-order valence-corrected chi connectivity index (χ2v) is 0.591. The third-order valence-corrected chi connectivity index (χ3v) is 0. The number of hydrogen-bond acceptors (Lipinski definition) is 1. The van der Waals surface area contributed by atoms with Crippen molar-refractivity contribution in [3.05, 3.63) is 6.92 Å². The van der Waals surface area contributed by atoms with E-state index in [9.17, 15) is 0 Å². The van der Waals surface area contributed by atoms with Gasteiger partial charge in [0, 0.05) is 32.7 Å². The van der Waals surface area contributed by atoms with Crippen molar-refractivity contribution in [1.29, 1.82) is 0 Å². The summed E-state index contributed by atoms with van der Waals surface area (Å²) in [5.74, 6) is 0.